The van der Waals surface area contributed by atoms with Crippen molar-refractivity contribution in [3.05, 3.63) is 6.33 Å². The van der Waals surface area contributed by atoms with Gasteiger partial charge in [-0.05, 0) is 10.4 Å². The van der Waals surface area contributed by atoms with Gasteiger partial charge >= 0.3 is 0 Å². The van der Waals surface area contributed by atoms with E-state index in [-0.39, 0.29) is 37.7 Å². The van der Waals surface area contributed by atoms with Crippen LogP contribution in [0.25, 0.3) is 0 Å². The van der Waals surface area contributed by atoms with Crippen molar-refractivity contribution in [1.29, 1.82) is 0 Å². The van der Waals surface area contributed by atoms with E-state index in [1.165, 1.54) is 6.33 Å². The zero-order valence-corrected chi connectivity index (χ0v) is 9.13. The molecule has 0 fully saturated rings. The number of hydrogen-bond donors (Lipinski definition) is 2. The summed E-state index contributed by atoms with van der Waals surface area (Å²) >= 11 is 0. The summed E-state index contributed by atoms with van der Waals surface area (Å²) < 4.78 is 0. The Bertz CT molecular complexity index is 140. The van der Waals surface area contributed by atoms with Crippen LogP contribution in [0, 0.1) is 37.7 Å². The molecule has 0 bridgehead atoms. The molecule has 0 saturated carbocycles. The monoisotopic (exact) mass is 211 g/mol. The molecule has 0 aliphatic rings. The minimum atomic E-state index is 0. The van der Waals surface area contributed by atoms with Gasteiger partial charge in [0.05, 0.1) is 0 Å². The van der Waals surface area contributed by atoms with Gasteiger partial charge in [-0.2, -0.15) is 0 Å². The van der Waals surface area contributed by atoms with E-state index in [2.05, 4.69) is 53.6 Å². The van der Waals surface area contributed by atoms with E-state index in [1.807, 2.05) is 0 Å². The molecule has 0 saturated heterocycles. The summed E-state index contributed by atoms with van der Waals surface area (Å²) in [7, 11) is 0. The average Bonchev–Trinajstić information content (AvgIpc) is 2.36. The third-order valence-electron chi connectivity index (χ3n) is 0.936. The van der Waals surface area contributed by atoms with Gasteiger partial charge in [0, 0.05) is 49.8 Å². The first-order chi connectivity index (χ1) is 5.63. The molecule has 0 radical (unpaired) electrons. The van der Waals surface area contributed by atoms with Gasteiger partial charge in [0.1, 0.15) is 6.33 Å². The van der Waals surface area contributed by atoms with Crippen LogP contribution in [0.1, 0.15) is 27.7 Å². The molecule has 0 aliphatic heterocycles. The van der Waals surface area contributed by atoms with Crippen molar-refractivity contribution in [2.45, 2.75) is 39.8 Å². The maximum Gasteiger partial charge on any atom is 0.135 e. The van der Waals surface area contributed by atoms with Crippen LogP contribution in [0.4, 0.5) is 0 Å². The van der Waals surface area contributed by atoms with E-state index in [0.717, 1.165) is 0 Å². The van der Waals surface area contributed by atoms with Crippen LogP contribution in [0.3, 0.4) is 0 Å². The second-order valence-electron chi connectivity index (χ2n) is 3.04. The van der Waals surface area contributed by atoms with E-state index in [1.54, 1.807) is 0 Å². The number of aromatic amines is 1. The van der Waals surface area contributed by atoms with Gasteiger partial charge < -0.3 is 5.32 Å². The topological polar surface area (TPSA) is 66.5 Å². The summed E-state index contributed by atoms with van der Waals surface area (Å²) in [5.74, 6) is 0. The van der Waals surface area contributed by atoms with Crippen molar-refractivity contribution >= 4 is 0 Å². The average molecular weight is 211 g/mol. The van der Waals surface area contributed by atoms with Crippen LogP contribution >= 0.6 is 0 Å². The fraction of sp³-hybridized carbons (Fsp3) is 0.857. The van der Waals surface area contributed by atoms with Gasteiger partial charge in [-0.3, -0.25) is 0 Å². The molecule has 6 heteroatoms. The molecule has 5 nitrogen and oxygen atoms in total. The minimum Gasteiger partial charge on any atom is -0.312 e. The normalized spacial score (nSPS) is 9.08. The SMILES string of the molecule is CC(C)NC(C)C.[Ar].c1nnn[nH]1. The molecule has 1 aromatic heterocycles. The van der Waals surface area contributed by atoms with Crippen LogP contribution < -0.4 is 5.32 Å². The Hall–Kier alpha value is 0.290. The Balaban J connectivity index is 0. The van der Waals surface area contributed by atoms with Gasteiger partial charge in [-0.15, -0.1) is 5.10 Å². The summed E-state index contributed by atoms with van der Waals surface area (Å²) in [5.41, 5.74) is 0. The molecule has 0 spiro atoms. The van der Waals surface area contributed by atoms with Gasteiger partial charge in [-0.1, -0.05) is 27.7 Å². The zero-order valence-electron chi connectivity index (χ0n) is 8.43. The number of aromatic nitrogens is 4. The largest absolute Gasteiger partial charge is 0.312 e. The Morgan fingerprint density at radius 1 is 1.15 bits per heavy atom. The Labute approximate surface area is 109 Å². The number of rotatable bonds is 2. The molecule has 0 atom stereocenters. The first-order valence-electron chi connectivity index (χ1n) is 4.06. The van der Waals surface area contributed by atoms with Crippen LogP contribution in [-0.4, -0.2) is 32.7 Å². The number of nitrogens with one attached hydrogen (secondary N) is 2. The molecular formula is C7H17ArN5. The molecule has 1 heterocycles. The van der Waals surface area contributed by atoms with E-state index in [4.69, 9.17) is 0 Å². The Morgan fingerprint density at radius 2 is 1.69 bits per heavy atom. The third kappa shape index (κ3) is 15.1. The molecule has 0 aromatic carbocycles. The van der Waals surface area contributed by atoms with E-state index < -0.39 is 0 Å². The molecule has 1 rings (SSSR count). The molecule has 0 aliphatic carbocycles. The van der Waals surface area contributed by atoms with Crippen molar-refractivity contribution in [2.24, 2.45) is 0 Å². The summed E-state index contributed by atoms with van der Waals surface area (Å²) in [4.78, 5) is 0. The molecule has 0 unspecified atom stereocenters. The van der Waals surface area contributed by atoms with Gasteiger partial charge in [-0.25, -0.2) is 5.10 Å². The van der Waals surface area contributed by atoms with Gasteiger partial charge in [0.2, 0.25) is 0 Å². The van der Waals surface area contributed by atoms with Crippen LogP contribution in [0.2, 0.25) is 0 Å². The van der Waals surface area contributed by atoms with Crippen molar-refractivity contribution in [3.63, 3.8) is 0 Å². The smallest absolute Gasteiger partial charge is 0.135 e. The van der Waals surface area contributed by atoms with Crippen molar-refractivity contribution in [3.8, 4) is 0 Å². The molecule has 1 aromatic rings. The van der Waals surface area contributed by atoms with Crippen LogP contribution in [0.15, 0.2) is 6.33 Å². The quantitative estimate of drug-likeness (QED) is 0.751. The Morgan fingerprint density at radius 3 is 1.77 bits per heavy atom. The van der Waals surface area contributed by atoms with Crippen LogP contribution in [0.5, 0.6) is 0 Å². The molecule has 13 heavy (non-hydrogen) atoms. The summed E-state index contributed by atoms with van der Waals surface area (Å²) in [6.45, 7) is 8.61. The maximum atomic E-state index is 3.31. The van der Waals surface area contributed by atoms with Crippen LogP contribution in [-0.2, 0) is 0 Å². The molecule has 78 valence electrons. The number of hydrogen-bond acceptors (Lipinski definition) is 4. The summed E-state index contributed by atoms with van der Waals surface area (Å²) in [6.07, 6.45) is 1.40. The number of tetrazole rings is 1. The summed E-state index contributed by atoms with van der Waals surface area (Å²) in [6, 6.07) is 1.25. The first kappa shape index (κ1) is 15.7. The number of H-pyrrole nitrogens is 1. The van der Waals surface area contributed by atoms with E-state index >= 15 is 0 Å². The third-order valence-corrected chi connectivity index (χ3v) is 0.936. The standard InChI is InChI=1S/C6H15N.CH2N4.Ar/c1-5(2)7-6(3)4;1-2-4-5-3-1;/h5-7H,1-4H3;1H,(H,2,3,4,5);. The first-order valence-corrected chi connectivity index (χ1v) is 4.06. The fourth-order valence-electron chi connectivity index (χ4n) is 0.796. The summed E-state index contributed by atoms with van der Waals surface area (Å²) in [5, 5.41) is 15.4. The minimum absolute atomic E-state index is 0. The number of nitrogens with zero attached hydrogens (tertiary/aromatic N) is 3. The van der Waals surface area contributed by atoms with E-state index in [0.29, 0.717) is 12.1 Å². The van der Waals surface area contributed by atoms with Crippen molar-refractivity contribution in [1.82, 2.24) is 25.9 Å². The van der Waals surface area contributed by atoms with Gasteiger partial charge in [0.15, 0.2) is 0 Å². The van der Waals surface area contributed by atoms with E-state index in [9.17, 15) is 0 Å². The second-order valence-corrected chi connectivity index (χ2v) is 3.04. The maximum absolute atomic E-state index is 3.31. The molecule has 0 amide bonds. The van der Waals surface area contributed by atoms with Gasteiger partial charge in [0.25, 0.3) is 0 Å². The van der Waals surface area contributed by atoms with Crippen molar-refractivity contribution < 1.29 is 37.7 Å². The Kier molecular flexibility index (Phi) is 12.6. The predicted octanol–water partition coefficient (Wildman–Crippen LogP) is 0.592. The molecule has 2 N–H and O–H groups in total. The zero-order chi connectivity index (χ0) is 9.40. The predicted molar refractivity (Wildman–Crippen MR) is 47.6 cm³/mol. The fourth-order valence-corrected chi connectivity index (χ4v) is 0.796. The van der Waals surface area contributed by atoms with Crippen molar-refractivity contribution in [2.75, 3.05) is 0 Å². The molecular weight excluding hydrogens is 194 g/mol. The second kappa shape index (κ2) is 10.4.